The van der Waals surface area contributed by atoms with Crippen molar-refractivity contribution in [3.63, 3.8) is 0 Å². The number of nitro benzene ring substituents is 1. The van der Waals surface area contributed by atoms with Crippen molar-refractivity contribution in [2.24, 2.45) is 0 Å². The Labute approximate surface area is 182 Å². The molecule has 0 saturated carbocycles. The number of ether oxygens (including phenoxy) is 2. The summed E-state index contributed by atoms with van der Waals surface area (Å²) in [4.78, 5) is 12.3. The average molecular weight is 478 g/mol. The number of sulfone groups is 1. The molecule has 1 atom stereocenters. The van der Waals surface area contributed by atoms with Crippen molar-refractivity contribution in [2.75, 3.05) is 58.0 Å². The van der Waals surface area contributed by atoms with Gasteiger partial charge in [0.25, 0.3) is 5.69 Å². The van der Waals surface area contributed by atoms with Crippen molar-refractivity contribution in [1.82, 2.24) is 9.21 Å². The monoisotopic (exact) mass is 477 g/mol. The third-order valence-corrected chi connectivity index (χ3v) is 9.24. The molecule has 13 heteroatoms. The first-order chi connectivity index (χ1) is 14.6. The largest absolute Gasteiger partial charge is 0.495 e. The molecule has 0 bridgehead atoms. The number of hydrogen-bond acceptors (Lipinski definition) is 9. The zero-order valence-corrected chi connectivity index (χ0v) is 18.9. The molecule has 2 aliphatic heterocycles. The first kappa shape index (κ1) is 23.9. The lowest BCUT2D eigenvalue weighted by molar-refractivity contribution is -0.385. The van der Waals surface area contributed by atoms with E-state index in [2.05, 4.69) is 4.90 Å². The van der Waals surface area contributed by atoms with Gasteiger partial charge in [-0.15, -0.1) is 0 Å². The van der Waals surface area contributed by atoms with Crippen LogP contribution in [-0.2, 0) is 24.6 Å². The van der Waals surface area contributed by atoms with E-state index in [0.29, 0.717) is 26.2 Å². The van der Waals surface area contributed by atoms with Crippen molar-refractivity contribution in [3.05, 3.63) is 28.3 Å². The summed E-state index contributed by atoms with van der Waals surface area (Å²) in [5.74, 6) is -0.370. The highest BCUT2D eigenvalue weighted by Gasteiger charge is 2.40. The second-order valence-electron chi connectivity index (χ2n) is 7.57. The fourth-order valence-corrected chi connectivity index (χ4v) is 7.58. The van der Waals surface area contributed by atoms with E-state index in [9.17, 15) is 26.9 Å². The minimum absolute atomic E-state index is 0.0235. The fraction of sp³-hybridized carbons (Fsp3) is 0.667. The Morgan fingerprint density at radius 3 is 2.61 bits per heavy atom. The van der Waals surface area contributed by atoms with Gasteiger partial charge in [0.15, 0.2) is 9.84 Å². The quantitative estimate of drug-likeness (QED) is 0.368. The Morgan fingerprint density at radius 1 is 1.32 bits per heavy atom. The first-order valence-electron chi connectivity index (χ1n) is 9.99. The van der Waals surface area contributed by atoms with Crippen molar-refractivity contribution < 1.29 is 31.2 Å². The van der Waals surface area contributed by atoms with E-state index in [1.54, 1.807) is 0 Å². The summed E-state index contributed by atoms with van der Waals surface area (Å²) in [5, 5.41) is 11.2. The highest BCUT2D eigenvalue weighted by Crippen LogP contribution is 2.33. The molecular weight excluding hydrogens is 450 g/mol. The summed E-state index contributed by atoms with van der Waals surface area (Å²) in [7, 11) is -6.30. The molecule has 0 radical (unpaired) electrons. The second kappa shape index (κ2) is 9.77. The third-order valence-electron chi connectivity index (χ3n) is 5.52. The number of benzene rings is 1. The third kappa shape index (κ3) is 5.71. The zero-order chi connectivity index (χ0) is 22.6. The van der Waals surface area contributed by atoms with E-state index in [1.807, 2.05) is 0 Å². The summed E-state index contributed by atoms with van der Waals surface area (Å²) in [6, 6.07) is 2.65. The van der Waals surface area contributed by atoms with E-state index in [-0.39, 0.29) is 40.8 Å². The van der Waals surface area contributed by atoms with Crippen LogP contribution in [0.3, 0.4) is 0 Å². The van der Waals surface area contributed by atoms with Crippen LogP contribution < -0.4 is 4.74 Å². The van der Waals surface area contributed by atoms with E-state index in [0.717, 1.165) is 19.2 Å². The van der Waals surface area contributed by atoms with Gasteiger partial charge in [0.2, 0.25) is 10.0 Å². The molecule has 11 nitrogen and oxygen atoms in total. The van der Waals surface area contributed by atoms with Gasteiger partial charge in [-0.2, -0.15) is 4.31 Å². The van der Waals surface area contributed by atoms with Gasteiger partial charge in [-0.1, -0.05) is 0 Å². The number of morpholine rings is 1. The number of nitro groups is 1. The van der Waals surface area contributed by atoms with Crippen LogP contribution in [-0.4, -0.2) is 95.0 Å². The van der Waals surface area contributed by atoms with Crippen molar-refractivity contribution in [1.29, 1.82) is 0 Å². The number of non-ortho nitro benzene ring substituents is 1. The number of methoxy groups -OCH3 is 1. The van der Waals surface area contributed by atoms with Gasteiger partial charge in [-0.05, 0) is 25.5 Å². The van der Waals surface area contributed by atoms with E-state index < -0.39 is 30.8 Å². The molecule has 31 heavy (non-hydrogen) atoms. The minimum atomic E-state index is -4.24. The highest BCUT2D eigenvalue weighted by molar-refractivity contribution is 7.92. The SMILES string of the molecule is COc1ccc([N+](=O)[O-])cc1S(=O)(=O)N(CCCN1CCOCC1)C1CCS(=O)(=O)C1. The molecular formula is C18H27N3O8S2. The average Bonchev–Trinajstić information content (AvgIpc) is 3.10. The summed E-state index contributed by atoms with van der Waals surface area (Å²) < 4.78 is 62.8. The number of hydrogen-bond donors (Lipinski definition) is 0. The smallest absolute Gasteiger partial charge is 0.271 e. The molecule has 0 aliphatic carbocycles. The summed E-state index contributed by atoms with van der Waals surface area (Å²) in [6.45, 7) is 3.49. The standard InChI is InChI=1S/C18H27N3O8S2/c1-28-17-4-3-15(21(22)23)13-18(17)31(26,27)20(16-5-12-30(24,25)14-16)7-2-6-19-8-10-29-11-9-19/h3-4,13,16H,2,5-12,14H2,1H3. The molecule has 2 fully saturated rings. The van der Waals surface area contributed by atoms with Gasteiger partial charge in [0.05, 0.1) is 36.8 Å². The lowest BCUT2D eigenvalue weighted by Gasteiger charge is -2.30. The molecule has 3 rings (SSSR count). The number of sulfonamides is 1. The van der Waals surface area contributed by atoms with Gasteiger partial charge in [-0.25, -0.2) is 16.8 Å². The molecule has 2 aliphatic rings. The van der Waals surface area contributed by atoms with Gasteiger partial charge in [0, 0.05) is 37.8 Å². The topological polar surface area (TPSA) is 136 Å². The second-order valence-corrected chi connectivity index (χ2v) is 11.7. The van der Waals surface area contributed by atoms with Gasteiger partial charge in [0.1, 0.15) is 10.6 Å². The predicted molar refractivity (Wildman–Crippen MR) is 112 cm³/mol. The Hall–Kier alpha value is -1.80. The van der Waals surface area contributed by atoms with E-state index in [1.165, 1.54) is 23.5 Å². The molecule has 174 valence electrons. The number of rotatable bonds is 9. The lowest BCUT2D eigenvalue weighted by atomic mass is 10.2. The summed E-state index contributed by atoms with van der Waals surface area (Å²) in [6.07, 6.45) is 0.684. The molecule has 0 amide bonds. The van der Waals surface area contributed by atoms with Crippen LogP contribution in [0.15, 0.2) is 23.1 Å². The number of nitrogens with zero attached hydrogens (tertiary/aromatic N) is 3. The summed E-state index contributed by atoms with van der Waals surface area (Å²) in [5.41, 5.74) is -0.383. The normalized spacial score (nSPS) is 21.9. The Kier molecular flexibility index (Phi) is 7.52. The minimum Gasteiger partial charge on any atom is -0.495 e. The van der Waals surface area contributed by atoms with Crippen LogP contribution in [0.1, 0.15) is 12.8 Å². The van der Waals surface area contributed by atoms with Crippen LogP contribution in [0.5, 0.6) is 5.75 Å². The lowest BCUT2D eigenvalue weighted by Crippen LogP contribution is -2.43. The molecule has 0 spiro atoms. The van der Waals surface area contributed by atoms with Crippen molar-refractivity contribution in [3.8, 4) is 5.75 Å². The molecule has 1 aromatic carbocycles. The molecule has 0 aromatic heterocycles. The maximum atomic E-state index is 13.6. The van der Waals surface area contributed by atoms with Crippen LogP contribution in [0.25, 0.3) is 0 Å². The first-order valence-corrected chi connectivity index (χ1v) is 13.2. The molecule has 2 heterocycles. The predicted octanol–water partition coefficient (Wildman–Crippen LogP) is 0.504. The molecule has 0 N–H and O–H groups in total. The maximum Gasteiger partial charge on any atom is 0.271 e. The van der Waals surface area contributed by atoms with Gasteiger partial charge < -0.3 is 9.47 Å². The maximum absolute atomic E-state index is 13.6. The summed E-state index contributed by atoms with van der Waals surface area (Å²) >= 11 is 0. The van der Waals surface area contributed by atoms with E-state index in [4.69, 9.17) is 9.47 Å². The van der Waals surface area contributed by atoms with Gasteiger partial charge in [-0.3, -0.25) is 15.0 Å². The Morgan fingerprint density at radius 2 is 2.03 bits per heavy atom. The van der Waals surface area contributed by atoms with Crippen molar-refractivity contribution >= 4 is 25.5 Å². The molecule has 2 saturated heterocycles. The van der Waals surface area contributed by atoms with Crippen LogP contribution >= 0.6 is 0 Å². The van der Waals surface area contributed by atoms with Crippen LogP contribution in [0, 0.1) is 10.1 Å². The zero-order valence-electron chi connectivity index (χ0n) is 17.3. The Balaban J connectivity index is 1.89. The molecule has 1 unspecified atom stereocenters. The van der Waals surface area contributed by atoms with Gasteiger partial charge >= 0.3 is 0 Å². The van der Waals surface area contributed by atoms with Crippen molar-refractivity contribution in [2.45, 2.75) is 23.8 Å². The van der Waals surface area contributed by atoms with E-state index >= 15 is 0 Å². The highest BCUT2D eigenvalue weighted by atomic mass is 32.2. The van der Waals surface area contributed by atoms with Crippen LogP contribution in [0.2, 0.25) is 0 Å². The van der Waals surface area contributed by atoms with Crippen LogP contribution in [0.4, 0.5) is 5.69 Å². The Bertz CT molecular complexity index is 1010. The fourth-order valence-electron chi connectivity index (χ4n) is 3.88. The molecule has 1 aromatic rings.